The molecule has 0 saturated carbocycles. The van der Waals surface area contributed by atoms with Crippen molar-refractivity contribution >= 4 is 23.7 Å². The van der Waals surface area contributed by atoms with Gasteiger partial charge in [-0.1, -0.05) is 0 Å². The number of carbonyl (C=O) groups is 2. The molecule has 0 aliphatic carbocycles. The molecule has 16 heavy (non-hydrogen) atoms. The molecule has 1 fully saturated rings. The quantitative estimate of drug-likeness (QED) is 0.720. The van der Waals surface area contributed by atoms with Crippen LogP contribution in [0, 0.1) is 6.92 Å². The first-order valence-electron chi connectivity index (χ1n) is 5.24. The van der Waals surface area contributed by atoms with E-state index >= 15 is 0 Å². The monoisotopic (exact) mass is 238 g/mol. The third kappa shape index (κ3) is 2.24. The van der Waals surface area contributed by atoms with E-state index < -0.39 is 0 Å². The molecule has 86 valence electrons. The predicted molar refractivity (Wildman–Crippen MR) is 62.6 cm³/mol. The summed E-state index contributed by atoms with van der Waals surface area (Å²) in [6.07, 6.45) is 0.844. The zero-order valence-electron chi connectivity index (χ0n) is 9.18. The fourth-order valence-electron chi connectivity index (χ4n) is 1.73. The Labute approximate surface area is 98.5 Å². The van der Waals surface area contributed by atoms with E-state index in [0.717, 1.165) is 16.9 Å². The van der Waals surface area contributed by atoms with Gasteiger partial charge in [0, 0.05) is 26.2 Å². The summed E-state index contributed by atoms with van der Waals surface area (Å²) >= 11 is 1.48. The number of amides is 2. The van der Waals surface area contributed by atoms with Gasteiger partial charge in [-0.05, 0) is 23.9 Å². The van der Waals surface area contributed by atoms with Crippen LogP contribution in [0.4, 0.5) is 0 Å². The molecular formula is C11H14N2O2S. The minimum Gasteiger partial charge on any atom is -0.342 e. The van der Waals surface area contributed by atoms with Crippen LogP contribution in [0.5, 0.6) is 0 Å². The third-order valence-electron chi connectivity index (χ3n) is 2.69. The van der Waals surface area contributed by atoms with Gasteiger partial charge in [0.2, 0.25) is 6.41 Å². The summed E-state index contributed by atoms with van der Waals surface area (Å²) in [5.74, 6) is 0.0867. The molecule has 4 nitrogen and oxygen atoms in total. The van der Waals surface area contributed by atoms with Gasteiger partial charge in [-0.2, -0.15) is 0 Å². The molecule has 0 bridgehead atoms. The molecule has 1 aromatic heterocycles. The molecule has 1 aromatic rings. The highest BCUT2D eigenvalue weighted by atomic mass is 32.1. The average Bonchev–Trinajstić information content (AvgIpc) is 2.75. The number of piperazine rings is 1. The van der Waals surface area contributed by atoms with Gasteiger partial charge in [-0.3, -0.25) is 9.59 Å². The van der Waals surface area contributed by atoms with Crippen LogP contribution >= 0.6 is 11.3 Å². The number of hydrogen-bond acceptors (Lipinski definition) is 3. The number of thiophene rings is 1. The Bertz CT molecular complexity index is 394. The first-order chi connectivity index (χ1) is 7.70. The zero-order chi connectivity index (χ0) is 11.5. The summed E-state index contributed by atoms with van der Waals surface area (Å²) in [6.45, 7) is 4.53. The highest BCUT2D eigenvalue weighted by Gasteiger charge is 2.21. The normalized spacial score (nSPS) is 16.3. The number of carbonyl (C=O) groups excluding carboxylic acids is 2. The van der Waals surface area contributed by atoms with Crippen molar-refractivity contribution in [1.29, 1.82) is 0 Å². The van der Waals surface area contributed by atoms with Crippen molar-refractivity contribution in [1.82, 2.24) is 9.80 Å². The van der Waals surface area contributed by atoms with Crippen LogP contribution < -0.4 is 0 Å². The van der Waals surface area contributed by atoms with Crippen molar-refractivity contribution in [2.75, 3.05) is 26.2 Å². The summed E-state index contributed by atoms with van der Waals surface area (Å²) in [7, 11) is 0. The van der Waals surface area contributed by atoms with E-state index in [1.165, 1.54) is 11.3 Å². The van der Waals surface area contributed by atoms with E-state index in [-0.39, 0.29) is 5.91 Å². The maximum absolute atomic E-state index is 12.0. The number of hydrogen-bond donors (Lipinski definition) is 0. The lowest BCUT2D eigenvalue weighted by Gasteiger charge is -2.32. The van der Waals surface area contributed by atoms with Crippen molar-refractivity contribution in [3.05, 3.63) is 21.9 Å². The van der Waals surface area contributed by atoms with Crippen molar-refractivity contribution in [2.24, 2.45) is 0 Å². The van der Waals surface area contributed by atoms with Crippen molar-refractivity contribution in [3.8, 4) is 0 Å². The molecule has 0 aromatic carbocycles. The van der Waals surface area contributed by atoms with E-state index in [0.29, 0.717) is 26.2 Å². The standard InChI is InChI=1S/C11H14N2O2S/c1-9-6-10(16-7-9)11(15)13-4-2-12(8-14)3-5-13/h6-8H,2-5H2,1H3. The summed E-state index contributed by atoms with van der Waals surface area (Å²) < 4.78 is 0. The van der Waals surface area contributed by atoms with E-state index in [9.17, 15) is 9.59 Å². The predicted octanol–water partition coefficient (Wildman–Crippen LogP) is 0.971. The minimum atomic E-state index is 0.0867. The number of rotatable bonds is 2. The average molecular weight is 238 g/mol. The highest BCUT2D eigenvalue weighted by Crippen LogP contribution is 2.16. The summed E-state index contributed by atoms with van der Waals surface area (Å²) in [5.41, 5.74) is 1.12. The summed E-state index contributed by atoms with van der Waals surface area (Å²) in [6, 6.07) is 1.92. The summed E-state index contributed by atoms with van der Waals surface area (Å²) in [4.78, 5) is 26.9. The Kier molecular flexibility index (Phi) is 3.24. The van der Waals surface area contributed by atoms with Crippen LogP contribution in [0.25, 0.3) is 0 Å². The molecule has 0 atom stereocenters. The largest absolute Gasteiger partial charge is 0.342 e. The van der Waals surface area contributed by atoms with Gasteiger partial charge < -0.3 is 9.80 Å². The fraction of sp³-hybridized carbons (Fsp3) is 0.455. The van der Waals surface area contributed by atoms with Gasteiger partial charge in [-0.25, -0.2) is 0 Å². The molecule has 2 rings (SSSR count). The molecule has 0 spiro atoms. The van der Waals surface area contributed by atoms with Crippen LogP contribution in [0.1, 0.15) is 15.2 Å². The summed E-state index contributed by atoms with van der Waals surface area (Å²) in [5, 5.41) is 1.98. The van der Waals surface area contributed by atoms with Crippen LogP contribution in [-0.4, -0.2) is 48.3 Å². The third-order valence-corrected chi connectivity index (χ3v) is 3.73. The van der Waals surface area contributed by atoms with Gasteiger partial charge in [0.25, 0.3) is 5.91 Å². The maximum Gasteiger partial charge on any atom is 0.264 e. The SMILES string of the molecule is Cc1csc(C(=O)N2CCN(C=O)CC2)c1. The Morgan fingerprint density at radius 3 is 2.56 bits per heavy atom. The molecule has 0 radical (unpaired) electrons. The first kappa shape index (κ1) is 11.1. The minimum absolute atomic E-state index is 0.0867. The molecule has 1 aliphatic heterocycles. The van der Waals surface area contributed by atoms with E-state index in [4.69, 9.17) is 0 Å². The van der Waals surface area contributed by atoms with E-state index in [1.54, 1.807) is 4.90 Å². The second kappa shape index (κ2) is 4.65. The van der Waals surface area contributed by atoms with Gasteiger partial charge in [0.15, 0.2) is 0 Å². The van der Waals surface area contributed by atoms with Crippen LogP contribution in [0.2, 0.25) is 0 Å². The topological polar surface area (TPSA) is 40.6 Å². The number of nitrogens with zero attached hydrogens (tertiary/aromatic N) is 2. The van der Waals surface area contributed by atoms with Crippen LogP contribution in [0.3, 0.4) is 0 Å². The van der Waals surface area contributed by atoms with Gasteiger partial charge in [0.1, 0.15) is 0 Å². The highest BCUT2D eigenvalue weighted by molar-refractivity contribution is 7.12. The van der Waals surface area contributed by atoms with Crippen LogP contribution in [0.15, 0.2) is 11.4 Å². The molecule has 0 N–H and O–H groups in total. The lowest BCUT2D eigenvalue weighted by molar-refractivity contribution is -0.119. The van der Waals surface area contributed by atoms with E-state index in [1.807, 2.05) is 23.3 Å². The fourth-order valence-corrected chi connectivity index (χ4v) is 2.59. The number of aryl methyl sites for hydroxylation is 1. The Balaban J connectivity index is 1.99. The molecule has 5 heteroatoms. The maximum atomic E-state index is 12.0. The van der Waals surface area contributed by atoms with Gasteiger partial charge >= 0.3 is 0 Å². The second-order valence-electron chi connectivity index (χ2n) is 3.92. The van der Waals surface area contributed by atoms with E-state index in [2.05, 4.69) is 0 Å². The lowest BCUT2D eigenvalue weighted by atomic mass is 10.3. The van der Waals surface area contributed by atoms with Crippen molar-refractivity contribution < 1.29 is 9.59 Å². The Hall–Kier alpha value is -1.36. The smallest absolute Gasteiger partial charge is 0.264 e. The molecular weight excluding hydrogens is 224 g/mol. The molecule has 2 heterocycles. The Morgan fingerprint density at radius 1 is 1.38 bits per heavy atom. The van der Waals surface area contributed by atoms with Crippen molar-refractivity contribution in [2.45, 2.75) is 6.92 Å². The lowest BCUT2D eigenvalue weighted by Crippen LogP contribution is -2.47. The molecule has 1 saturated heterocycles. The van der Waals surface area contributed by atoms with Crippen molar-refractivity contribution in [3.63, 3.8) is 0 Å². The Morgan fingerprint density at radius 2 is 2.06 bits per heavy atom. The van der Waals surface area contributed by atoms with Gasteiger partial charge in [-0.15, -0.1) is 11.3 Å². The molecule has 2 amide bonds. The van der Waals surface area contributed by atoms with Gasteiger partial charge in [0.05, 0.1) is 4.88 Å². The second-order valence-corrected chi connectivity index (χ2v) is 4.83. The molecule has 0 unspecified atom stereocenters. The van der Waals surface area contributed by atoms with Crippen LogP contribution in [-0.2, 0) is 4.79 Å². The molecule has 1 aliphatic rings. The first-order valence-corrected chi connectivity index (χ1v) is 6.12. The zero-order valence-corrected chi connectivity index (χ0v) is 10.00.